The number of fused-ring (bicyclic) bond motifs is 1. The number of hydrogen-bond donors (Lipinski definition) is 3. The lowest BCUT2D eigenvalue weighted by atomic mass is 10.1. The quantitative estimate of drug-likeness (QED) is 0.243. The number of rotatable bonds is 9. The maximum Gasteiger partial charge on any atom is 0.472 e. The van der Waals surface area contributed by atoms with Crippen LogP contribution in [0.3, 0.4) is 0 Å². The van der Waals surface area contributed by atoms with Crippen molar-refractivity contribution in [3.8, 4) is 11.4 Å². The van der Waals surface area contributed by atoms with E-state index in [0.29, 0.717) is 6.42 Å². The van der Waals surface area contributed by atoms with E-state index in [1.807, 2.05) is 0 Å². The van der Waals surface area contributed by atoms with Crippen LogP contribution in [0.5, 0.6) is 0 Å². The zero-order valence-electron chi connectivity index (χ0n) is 21.7. The van der Waals surface area contributed by atoms with Crippen LogP contribution in [0.1, 0.15) is 41.9 Å². The topological polar surface area (TPSA) is 172 Å². The molecule has 0 radical (unpaired) electrons. The molecule has 2 aromatic heterocycles. The van der Waals surface area contributed by atoms with Gasteiger partial charge in [0.25, 0.3) is 5.91 Å². The highest BCUT2D eigenvalue weighted by atomic mass is 31.2. The molecule has 0 fully saturated rings. The first-order chi connectivity index (χ1) is 19.2. The summed E-state index contributed by atoms with van der Waals surface area (Å²) in [4.78, 5) is 51.3. The maximum atomic E-state index is 13.4. The number of aromatic nitrogens is 4. The van der Waals surface area contributed by atoms with Crippen molar-refractivity contribution in [2.24, 2.45) is 0 Å². The van der Waals surface area contributed by atoms with Crippen LogP contribution in [0.4, 0.5) is 23.8 Å². The lowest BCUT2D eigenvalue weighted by Gasteiger charge is -2.39. The number of benzene rings is 1. The van der Waals surface area contributed by atoms with E-state index in [2.05, 4.69) is 14.6 Å². The Bertz CT molecular complexity index is 1490. The summed E-state index contributed by atoms with van der Waals surface area (Å²) in [5.74, 6) is -1.00. The van der Waals surface area contributed by atoms with E-state index in [-0.39, 0.29) is 48.1 Å². The Kier molecular flexibility index (Phi) is 8.56. The number of nitrogens with zero attached hydrogens (tertiary/aromatic N) is 6. The summed E-state index contributed by atoms with van der Waals surface area (Å²) in [5, 5.41) is 15.0. The largest absolute Gasteiger partial charge is 0.472 e. The van der Waals surface area contributed by atoms with Crippen LogP contribution in [-0.4, -0.2) is 77.4 Å². The summed E-state index contributed by atoms with van der Waals surface area (Å²) in [5.41, 5.74) is -0.678. The van der Waals surface area contributed by atoms with Gasteiger partial charge in [0.1, 0.15) is 0 Å². The van der Waals surface area contributed by atoms with Gasteiger partial charge < -0.3 is 24.5 Å². The van der Waals surface area contributed by atoms with E-state index < -0.39 is 44.7 Å². The highest BCUT2D eigenvalue weighted by Gasteiger charge is 2.42. The number of aliphatic hydroxyl groups is 1. The molecule has 3 N–H and O–H groups in total. The summed E-state index contributed by atoms with van der Waals surface area (Å²) in [6.07, 6.45) is -4.09. The van der Waals surface area contributed by atoms with Crippen molar-refractivity contribution in [3.05, 3.63) is 53.5 Å². The molecule has 0 aliphatic carbocycles. The minimum atomic E-state index is -4.99. The number of alkyl halides is 3. The van der Waals surface area contributed by atoms with Gasteiger partial charge in [-0.15, -0.1) is 0 Å². The van der Waals surface area contributed by atoms with E-state index in [9.17, 15) is 32.4 Å². The van der Waals surface area contributed by atoms with Gasteiger partial charge in [-0.2, -0.15) is 18.3 Å². The first-order valence-corrected chi connectivity index (χ1v) is 13.7. The zero-order chi connectivity index (χ0) is 30.1. The molecule has 14 nitrogen and oxygen atoms in total. The molecular formula is C23H26F3N6O8P. The van der Waals surface area contributed by atoms with E-state index in [4.69, 9.17) is 14.5 Å². The Balaban J connectivity index is 1.76. The number of anilines is 1. The molecule has 4 rings (SSSR count). The molecular weight excluding hydrogens is 576 g/mol. The second-order valence-corrected chi connectivity index (χ2v) is 10.1. The number of phosphoric acid groups is 1. The zero-order valence-corrected chi connectivity index (χ0v) is 22.6. The summed E-state index contributed by atoms with van der Waals surface area (Å²) >= 11 is 0. The number of aliphatic hydroxyl groups excluding tert-OH is 1. The Hall–Kier alpha value is -3.76. The molecule has 0 bridgehead atoms. The van der Waals surface area contributed by atoms with Gasteiger partial charge in [-0.25, -0.2) is 23.4 Å². The number of carbonyl (C=O) groups excluding carboxylic acids is 2. The predicted octanol–water partition coefficient (Wildman–Crippen LogP) is 2.83. The molecule has 1 unspecified atom stereocenters. The summed E-state index contributed by atoms with van der Waals surface area (Å²) in [6, 6.07) is 4.65. The Morgan fingerprint density at radius 1 is 1.20 bits per heavy atom. The minimum Gasteiger partial charge on any atom is -0.421 e. The van der Waals surface area contributed by atoms with Gasteiger partial charge in [-0.1, -0.05) is 19.1 Å². The molecule has 41 heavy (non-hydrogen) atoms. The molecule has 3 heterocycles. The molecule has 0 saturated carbocycles. The summed E-state index contributed by atoms with van der Waals surface area (Å²) in [6.45, 7) is 2.53. The number of imidazole rings is 1. The molecule has 3 aromatic rings. The second kappa shape index (κ2) is 11.6. The molecule has 0 spiro atoms. The van der Waals surface area contributed by atoms with Crippen LogP contribution in [0, 0.1) is 0 Å². The van der Waals surface area contributed by atoms with Gasteiger partial charge in [-0.3, -0.25) is 14.4 Å². The summed E-state index contributed by atoms with van der Waals surface area (Å²) in [7, 11) is -4.99. The van der Waals surface area contributed by atoms with Crippen LogP contribution in [0.15, 0.2) is 36.7 Å². The number of halogens is 3. The van der Waals surface area contributed by atoms with Crippen molar-refractivity contribution in [2.75, 3.05) is 24.8 Å². The van der Waals surface area contributed by atoms with Crippen molar-refractivity contribution < 1.29 is 51.5 Å². The highest BCUT2D eigenvalue weighted by molar-refractivity contribution is 7.46. The van der Waals surface area contributed by atoms with Crippen LogP contribution in [0.2, 0.25) is 0 Å². The average Bonchev–Trinajstić information content (AvgIpc) is 3.51. The van der Waals surface area contributed by atoms with Crippen molar-refractivity contribution in [2.45, 2.75) is 39.3 Å². The van der Waals surface area contributed by atoms with E-state index in [1.54, 1.807) is 13.8 Å². The smallest absolute Gasteiger partial charge is 0.421 e. The van der Waals surface area contributed by atoms with Crippen LogP contribution in [-0.2, 0) is 26.5 Å². The fourth-order valence-electron chi connectivity index (χ4n) is 4.27. The third kappa shape index (κ3) is 6.44. The first-order valence-electron chi connectivity index (χ1n) is 12.2. The van der Waals surface area contributed by atoms with Gasteiger partial charge in [0.05, 0.1) is 23.9 Å². The molecule has 222 valence electrons. The van der Waals surface area contributed by atoms with Crippen molar-refractivity contribution in [1.29, 1.82) is 0 Å². The molecule has 1 aromatic carbocycles. The lowest BCUT2D eigenvalue weighted by Crippen LogP contribution is -2.56. The first kappa shape index (κ1) is 30.2. The second-order valence-electron chi connectivity index (χ2n) is 8.85. The third-order valence-electron chi connectivity index (χ3n) is 6.03. The molecule has 18 heteroatoms. The SMILES string of the molecule is CCCN1C(=O)c2c(nc(-c3cnn(Cc4cccc(C(F)(F)F)c4)c3)n2C(=O)OCOP(=O)(O)O)N(CC)C1O. The molecule has 0 saturated heterocycles. The van der Waals surface area contributed by atoms with Gasteiger partial charge in [0, 0.05) is 19.3 Å². The highest BCUT2D eigenvalue weighted by Crippen LogP contribution is 2.37. The predicted molar refractivity (Wildman–Crippen MR) is 134 cm³/mol. The standard InChI is InChI=1S/C23H26F3N6O8P/c1-3-8-31-20(33)17-19(30(4-2)21(31)34)28-18(32(17)22(35)39-13-40-41(36,37)38)15-10-27-29(12-15)11-14-6-5-7-16(9-14)23(24,25)26/h5-7,9-10,12,21,34H,3-4,8,11,13H2,1-2H3,(H2,36,37,38). The van der Waals surface area contributed by atoms with Crippen LogP contribution < -0.4 is 4.90 Å². The number of amides is 1. The average molecular weight is 602 g/mol. The third-order valence-corrected chi connectivity index (χ3v) is 6.48. The number of carbonyl (C=O) groups is 2. The van der Waals surface area contributed by atoms with E-state index in [0.717, 1.165) is 21.6 Å². The van der Waals surface area contributed by atoms with Crippen molar-refractivity contribution in [3.63, 3.8) is 0 Å². The maximum absolute atomic E-state index is 13.4. The molecule has 1 aliphatic heterocycles. The number of phosphoric ester groups is 1. The van der Waals surface area contributed by atoms with Crippen molar-refractivity contribution >= 4 is 25.6 Å². The number of ether oxygens (including phenoxy) is 1. The van der Waals surface area contributed by atoms with E-state index in [1.165, 1.54) is 34.1 Å². The van der Waals surface area contributed by atoms with Crippen LogP contribution in [0.25, 0.3) is 11.4 Å². The fraction of sp³-hybridized carbons (Fsp3) is 0.391. The molecule has 1 atom stereocenters. The Morgan fingerprint density at radius 3 is 2.56 bits per heavy atom. The van der Waals surface area contributed by atoms with Gasteiger partial charge in [-0.05, 0) is 31.0 Å². The summed E-state index contributed by atoms with van der Waals surface area (Å²) < 4.78 is 61.5. The monoisotopic (exact) mass is 602 g/mol. The van der Waals surface area contributed by atoms with Gasteiger partial charge in [0.2, 0.25) is 13.1 Å². The van der Waals surface area contributed by atoms with Gasteiger partial charge >= 0.3 is 20.1 Å². The Morgan fingerprint density at radius 2 is 1.93 bits per heavy atom. The normalized spacial score (nSPS) is 15.8. The fourth-order valence-corrected chi connectivity index (χ4v) is 4.46. The van der Waals surface area contributed by atoms with Crippen molar-refractivity contribution in [1.82, 2.24) is 24.2 Å². The van der Waals surface area contributed by atoms with E-state index >= 15 is 0 Å². The molecule has 1 amide bonds. The Labute approximate surface area is 230 Å². The molecule has 1 aliphatic rings. The van der Waals surface area contributed by atoms with Crippen LogP contribution >= 0.6 is 7.82 Å². The number of hydrogen-bond acceptors (Lipinski definition) is 9. The minimum absolute atomic E-state index is 0.0640. The lowest BCUT2D eigenvalue weighted by molar-refractivity contribution is -0.137. The van der Waals surface area contributed by atoms with Gasteiger partial charge in [0.15, 0.2) is 17.3 Å².